The van der Waals surface area contributed by atoms with Gasteiger partial charge in [0.1, 0.15) is 29.1 Å². The molecular weight excluding hydrogens is 658 g/mol. The van der Waals surface area contributed by atoms with Crippen molar-refractivity contribution in [3.8, 4) is 17.6 Å². The minimum absolute atomic E-state index is 0.00183. The molecule has 0 spiro atoms. The van der Waals surface area contributed by atoms with Gasteiger partial charge < -0.3 is 29.6 Å². The van der Waals surface area contributed by atoms with Gasteiger partial charge in [0.15, 0.2) is 9.84 Å². The van der Waals surface area contributed by atoms with Gasteiger partial charge in [0.25, 0.3) is 5.91 Å². The number of hydrogen-bond acceptors (Lipinski definition) is 8. The van der Waals surface area contributed by atoms with Gasteiger partial charge in [-0.05, 0) is 58.4 Å². The van der Waals surface area contributed by atoms with Gasteiger partial charge in [-0.15, -0.1) is 0 Å². The summed E-state index contributed by atoms with van der Waals surface area (Å²) in [6, 6.07) is 5.98. The highest BCUT2D eigenvalue weighted by Crippen LogP contribution is 2.30. The average Bonchev–Trinajstić information content (AvgIpc) is 3.35. The fourth-order valence-electron chi connectivity index (χ4n) is 5.15. The summed E-state index contributed by atoms with van der Waals surface area (Å²) in [7, 11) is -2.09. The number of aromatic nitrogens is 2. The molecule has 2 N–H and O–H groups in total. The van der Waals surface area contributed by atoms with Crippen LogP contribution >= 0.6 is 0 Å². The Morgan fingerprint density at radius 3 is 2.48 bits per heavy atom. The summed E-state index contributed by atoms with van der Waals surface area (Å²) in [6.45, 7) is 4.74. The van der Waals surface area contributed by atoms with Gasteiger partial charge in [0.2, 0.25) is 0 Å². The van der Waals surface area contributed by atoms with Gasteiger partial charge >= 0.3 is 12.3 Å². The Balaban J connectivity index is 1.59. The number of ether oxygens (including phenoxy) is 2. The van der Waals surface area contributed by atoms with Crippen LogP contribution in [0.1, 0.15) is 50.0 Å². The molecule has 1 saturated heterocycles. The first-order chi connectivity index (χ1) is 22.2. The van der Waals surface area contributed by atoms with E-state index in [1.165, 1.54) is 49.3 Å². The lowest BCUT2D eigenvalue weighted by molar-refractivity contribution is -0.140. The lowest BCUT2D eigenvalue weighted by Gasteiger charge is -2.41. The number of hydrogen-bond donors (Lipinski definition) is 2. The van der Waals surface area contributed by atoms with Gasteiger partial charge in [0.05, 0.1) is 54.2 Å². The largest absolute Gasteiger partial charge is 0.495 e. The molecule has 16 heteroatoms. The third-order valence-corrected chi connectivity index (χ3v) is 8.50. The molecule has 1 aliphatic heterocycles. The number of nitrogens with one attached hydrogen (secondary N) is 2. The van der Waals surface area contributed by atoms with E-state index in [-0.39, 0.29) is 58.9 Å². The number of methoxy groups -OCH3 is 1. The van der Waals surface area contributed by atoms with Crippen LogP contribution in [-0.4, -0.2) is 91.4 Å². The first-order valence-electron chi connectivity index (χ1n) is 14.8. The zero-order valence-electron chi connectivity index (χ0n) is 27.3. The van der Waals surface area contributed by atoms with E-state index in [0.717, 1.165) is 17.2 Å². The fraction of sp³-hybridized carbons (Fsp3) is 0.469. The van der Waals surface area contributed by atoms with Crippen molar-refractivity contribution in [3.63, 3.8) is 0 Å². The van der Waals surface area contributed by atoms with Crippen LogP contribution in [0.5, 0.6) is 5.75 Å². The number of imidazole rings is 1. The van der Waals surface area contributed by atoms with E-state index in [1.807, 2.05) is 0 Å². The first kappa shape index (κ1) is 36.3. The van der Waals surface area contributed by atoms with E-state index in [1.54, 1.807) is 20.8 Å². The highest BCUT2D eigenvalue weighted by molar-refractivity contribution is 7.90. The molecule has 2 aromatic carbocycles. The maximum atomic E-state index is 15.8. The maximum Gasteiger partial charge on any atom is 0.410 e. The van der Waals surface area contributed by atoms with Crippen molar-refractivity contribution in [2.75, 3.05) is 38.3 Å². The summed E-state index contributed by atoms with van der Waals surface area (Å²) in [5.41, 5.74) is -2.32. The number of anilines is 1. The molecule has 11 nitrogen and oxygen atoms in total. The Labute approximate surface area is 275 Å². The van der Waals surface area contributed by atoms with Crippen LogP contribution in [0.4, 0.5) is 28.0 Å². The summed E-state index contributed by atoms with van der Waals surface area (Å²) < 4.78 is 91.1. The molecule has 2 atom stereocenters. The predicted molar refractivity (Wildman–Crippen MR) is 170 cm³/mol. The van der Waals surface area contributed by atoms with E-state index < -0.39 is 51.9 Å². The van der Waals surface area contributed by atoms with Crippen molar-refractivity contribution < 1.29 is 45.0 Å². The van der Waals surface area contributed by atoms with E-state index >= 15 is 4.39 Å². The second-order valence-corrected chi connectivity index (χ2v) is 14.7. The van der Waals surface area contributed by atoms with Crippen LogP contribution in [0, 0.1) is 11.8 Å². The Bertz CT molecular complexity index is 1870. The van der Waals surface area contributed by atoms with Crippen LogP contribution < -0.4 is 15.4 Å². The Kier molecular flexibility index (Phi) is 10.2. The van der Waals surface area contributed by atoms with Gasteiger partial charge in [-0.2, -0.15) is 13.2 Å². The zero-order valence-corrected chi connectivity index (χ0v) is 28.1. The minimum atomic E-state index is -4.58. The molecule has 1 aromatic heterocycles. The van der Waals surface area contributed by atoms with Crippen molar-refractivity contribution >= 4 is 38.6 Å². The quantitative estimate of drug-likeness (QED) is 0.263. The Morgan fingerprint density at radius 2 is 1.88 bits per heavy atom. The molecule has 4 rings (SSSR count). The van der Waals surface area contributed by atoms with Crippen molar-refractivity contribution in [1.82, 2.24) is 19.8 Å². The number of fused-ring (bicyclic) bond motifs is 1. The number of likely N-dealkylation sites (tertiary alicyclic amines) is 1. The second-order valence-electron chi connectivity index (χ2n) is 12.7. The van der Waals surface area contributed by atoms with Gasteiger partial charge in [-0.1, -0.05) is 11.8 Å². The summed E-state index contributed by atoms with van der Waals surface area (Å²) in [5, 5.41) is 5.64. The number of carbonyl (C=O) groups excluding carboxylic acids is 2. The SMILES string of the molecule is COc1cc(S(C)(=O)=O)ccc1NCC#Cc1cc(C(=O)NC2CCN(C(=O)OC(C)(C)C)CC2(C)F)c2ncn(CC(F)(F)F)c2c1. The Morgan fingerprint density at radius 1 is 1.17 bits per heavy atom. The number of carbonyl (C=O) groups is 2. The van der Waals surface area contributed by atoms with E-state index in [9.17, 15) is 31.2 Å². The molecule has 1 fully saturated rings. The smallest absolute Gasteiger partial charge is 0.410 e. The lowest BCUT2D eigenvalue weighted by Crippen LogP contribution is -2.60. The number of sulfone groups is 1. The van der Waals surface area contributed by atoms with Crippen molar-refractivity contribution in [1.29, 1.82) is 0 Å². The molecule has 0 radical (unpaired) electrons. The number of piperidine rings is 1. The molecule has 0 aliphatic carbocycles. The molecule has 1 aliphatic rings. The van der Waals surface area contributed by atoms with Gasteiger partial charge in [-0.3, -0.25) is 4.79 Å². The van der Waals surface area contributed by atoms with Crippen molar-refractivity contribution in [2.45, 2.75) is 69.0 Å². The van der Waals surface area contributed by atoms with E-state index in [4.69, 9.17) is 9.47 Å². The standard InChI is InChI=1S/C32H37F4N5O6S/c1-30(2,3)47-29(43)40-13-11-26(31(4,33)17-40)39-28(42)22-14-20(15-24-27(22)38-19-41(24)18-32(34,35)36)8-7-12-37-23-10-9-21(48(6,44)45)16-25(23)46-5/h9-10,14-16,19,26,37H,11-13,17-18H2,1-6H3,(H,39,42). The van der Waals surface area contributed by atoms with E-state index in [0.29, 0.717) is 5.69 Å². The number of alkyl halides is 4. The normalized spacial score (nSPS) is 18.5. The summed E-state index contributed by atoms with van der Waals surface area (Å²) in [4.78, 5) is 31.5. The molecule has 2 amide bonds. The van der Waals surface area contributed by atoms with Crippen molar-refractivity contribution in [2.24, 2.45) is 0 Å². The molecule has 2 unspecified atom stereocenters. The molecule has 0 bridgehead atoms. The average molecular weight is 696 g/mol. The number of rotatable bonds is 7. The lowest BCUT2D eigenvalue weighted by atomic mass is 9.90. The molecule has 48 heavy (non-hydrogen) atoms. The molecule has 0 saturated carbocycles. The van der Waals surface area contributed by atoms with Crippen LogP contribution in [-0.2, 0) is 21.1 Å². The highest BCUT2D eigenvalue weighted by Gasteiger charge is 2.43. The number of halogens is 4. The topological polar surface area (TPSA) is 132 Å². The third kappa shape index (κ3) is 9.09. The van der Waals surface area contributed by atoms with E-state index in [2.05, 4.69) is 27.5 Å². The monoisotopic (exact) mass is 695 g/mol. The number of amides is 2. The maximum absolute atomic E-state index is 15.8. The van der Waals surface area contributed by atoms with Gasteiger partial charge in [0, 0.05) is 24.4 Å². The van der Waals surface area contributed by atoms with Crippen molar-refractivity contribution in [3.05, 3.63) is 47.8 Å². The zero-order chi connectivity index (χ0) is 35.7. The highest BCUT2D eigenvalue weighted by atomic mass is 32.2. The summed E-state index contributed by atoms with van der Waals surface area (Å²) in [6.07, 6.45) is -3.16. The third-order valence-electron chi connectivity index (χ3n) is 7.39. The van der Waals surface area contributed by atoms with Crippen LogP contribution in [0.3, 0.4) is 0 Å². The second kappa shape index (κ2) is 13.5. The molecule has 260 valence electrons. The van der Waals surface area contributed by atoms with Crippen LogP contribution in [0.15, 0.2) is 41.6 Å². The first-order valence-corrected chi connectivity index (χ1v) is 16.7. The summed E-state index contributed by atoms with van der Waals surface area (Å²) in [5.74, 6) is 5.15. The number of nitrogens with zero attached hydrogens (tertiary/aromatic N) is 3. The minimum Gasteiger partial charge on any atom is -0.495 e. The molecule has 3 aromatic rings. The Hall–Kier alpha value is -4.52. The fourth-order valence-corrected chi connectivity index (χ4v) is 5.79. The van der Waals surface area contributed by atoms with Crippen LogP contribution in [0.25, 0.3) is 11.0 Å². The predicted octanol–water partition coefficient (Wildman–Crippen LogP) is 4.94. The molecular formula is C32H37F4N5O6S. The van der Waals surface area contributed by atoms with Crippen LogP contribution in [0.2, 0.25) is 0 Å². The number of benzene rings is 2. The molecule has 2 heterocycles. The summed E-state index contributed by atoms with van der Waals surface area (Å²) >= 11 is 0. The van der Waals surface area contributed by atoms with Gasteiger partial charge in [-0.25, -0.2) is 22.6 Å².